The van der Waals surface area contributed by atoms with Gasteiger partial charge in [-0.1, -0.05) is 0 Å². The van der Waals surface area contributed by atoms with Crippen molar-refractivity contribution in [2.75, 3.05) is 0 Å². The van der Waals surface area contributed by atoms with Gasteiger partial charge in [0.2, 0.25) is 0 Å². The van der Waals surface area contributed by atoms with Gasteiger partial charge in [-0.15, -0.1) is 0 Å². The van der Waals surface area contributed by atoms with Crippen LogP contribution in [0.25, 0.3) is 0 Å². The summed E-state index contributed by atoms with van der Waals surface area (Å²) in [4.78, 5) is 19.8. The first-order chi connectivity index (χ1) is 5.29. The number of carbonyl (C=O) groups is 2. The fraction of sp³-hybridized carbons (Fsp3) is 0. The van der Waals surface area contributed by atoms with E-state index < -0.39 is 22.3 Å². The summed E-state index contributed by atoms with van der Waals surface area (Å²) in [6.45, 7) is 0. The van der Waals surface area contributed by atoms with Crippen LogP contribution in [0.1, 0.15) is 0 Å². The molecule has 0 spiro atoms. The highest BCUT2D eigenvalue weighted by Crippen LogP contribution is 1.92. The lowest BCUT2D eigenvalue weighted by Gasteiger charge is -1.80. The Bertz CT molecular complexity index is 286. The van der Waals surface area contributed by atoms with Gasteiger partial charge in [0, 0.05) is 12.2 Å². The van der Waals surface area contributed by atoms with E-state index in [4.69, 9.17) is 17.5 Å². The molecule has 0 radical (unpaired) electrons. The molecule has 0 aliphatic carbocycles. The van der Waals surface area contributed by atoms with Crippen LogP contribution < -0.4 is 0 Å². The van der Waals surface area contributed by atoms with Gasteiger partial charge < -0.3 is 4.74 Å². The molecule has 1 aliphatic rings. The average molecular weight is 196 g/mol. The summed E-state index contributed by atoms with van der Waals surface area (Å²) in [6.07, 6.45) is 2.17. The lowest BCUT2D eigenvalue weighted by molar-refractivity contribution is -0.150. The monoisotopic (exact) mass is 196 g/mol. The predicted octanol–water partition coefficient (Wildman–Crippen LogP) is -1.03. The van der Waals surface area contributed by atoms with Gasteiger partial charge in [-0.25, -0.2) is 9.59 Å². The van der Waals surface area contributed by atoms with Crippen molar-refractivity contribution in [2.45, 2.75) is 0 Å². The number of carbonyl (C=O) groups excluding carboxylic acids is 2. The summed E-state index contributed by atoms with van der Waals surface area (Å²) in [7, 11) is -4.67. The highest BCUT2D eigenvalue weighted by Gasteiger charge is 2.10. The highest BCUT2D eigenvalue weighted by atomic mass is 32.3. The third kappa shape index (κ3) is 8.75. The molecule has 12 heavy (non-hydrogen) atoms. The Labute approximate surface area is 67.2 Å². The van der Waals surface area contributed by atoms with Crippen LogP contribution in [0.15, 0.2) is 12.2 Å². The molecule has 0 atom stereocenters. The van der Waals surface area contributed by atoms with Crippen LogP contribution in [0.5, 0.6) is 0 Å². The van der Waals surface area contributed by atoms with Gasteiger partial charge in [0.15, 0.2) is 0 Å². The Kier molecular flexibility index (Phi) is 3.54. The smallest absolute Gasteiger partial charge is 0.387 e. The summed E-state index contributed by atoms with van der Waals surface area (Å²) < 4.78 is 35.6. The van der Waals surface area contributed by atoms with Gasteiger partial charge in [-0.2, -0.15) is 8.42 Å². The number of cyclic esters (lactones) is 2. The fourth-order valence-corrected chi connectivity index (χ4v) is 0.303. The van der Waals surface area contributed by atoms with Gasteiger partial charge in [-0.05, 0) is 0 Å². The van der Waals surface area contributed by atoms with E-state index in [0.717, 1.165) is 12.2 Å². The molecule has 0 aromatic heterocycles. The molecule has 0 unspecified atom stereocenters. The van der Waals surface area contributed by atoms with E-state index in [1.54, 1.807) is 0 Å². The van der Waals surface area contributed by atoms with Crippen LogP contribution in [0.2, 0.25) is 0 Å². The molecule has 0 saturated carbocycles. The number of ether oxygens (including phenoxy) is 1. The zero-order valence-corrected chi connectivity index (χ0v) is 6.32. The summed E-state index contributed by atoms with van der Waals surface area (Å²) >= 11 is 0. The zero-order chi connectivity index (χ0) is 9.78. The van der Waals surface area contributed by atoms with E-state index in [1.165, 1.54) is 0 Å². The molecule has 1 rings (SSSR count). The minimum atomic E-state index is -4.67. The predicted molar refractivity (Wildman–Crippen MR) is 34.4 cm³/mol. The largest absolute Gasteiger partial charge is 0.394 e. The van der Waals surface area contributed by atoms with Gasteiger partial charge >= 0.3 is 22.3 Å². The van der Waals surface area contributed by atoms with Crippen molar-refractivity contribution in [2.24, 2.45) is 0 Å². The molecule has 2 N–H and O–H groups in total. The topological polar surface area (TPSA) is 118 Å². The number of esters is 2. The van der Waals surface area contributed by atoms with Gasteiger partial charge in [0.25, 0.3) is 0 Å². The number of hydrogen-bond acceptors (Lipinski definition) is 5. The van der Waals surface area contributed by atoms with Crippen molar-refractivity contribution >= 4 is 22.3 Å². The molecule has 0 aromatic rings. The third-order valence-corrected chi connectivity index (χ3v) is 0.557. The fourth-order valence-electron chi connectivity index (χ4n) is 0.303. The minimum absolute atomic E-state index is 0.579. The van der Waals surface area contributed by atoms with E-state index in [9.17, 15) is 9.59 Å². The molecule has 0 fully saturated rings. The van der Waals surface area contributed by atoms with Crippen molar-refractivity contribution in [1.82, 2.24) is 0 Å². The first-order valence-corrected chi connectivity index (χ1v) is 3.82. The summed E-state index contributed by atoms with van der Waals surface area (Å²) in [6, 6.07) is 0. The maximum atomic E-state index is 9.92. The van der Waals surface area contributed by atoms with Crippen LogP contribution in [-0.2, 0) is 24.7 Å². The SMILES string of the molecule is O=C1C=CC(=O)O1.O=S(=O)(O)O. The minimum Gasteiger partial charge on any atom is -0.387 e. The average Bonchev–Trinajstić information content (AvgIpc) is 2.09. The van der Waals surface area contributed by atoms with Crippen molar-refractivity contribution < 1.29 is 31.8 Å². The van der Waals surface area contributed by atoms with Gasteiger partial charge in [-0.3, -0.25) is 9.11 Å². The standard InChI is InChI=1S/C4H2O3.H2O4S/c5-3-1-2-4(6)7-3;1-5(2,3)4/h1-2H;(H2,1,2,3,4). The zero-order valence-electron chi connectivity index (χ0n) is 5.50. The first kappa shape index (κ1) is 10.8. The van der Waals surface area contributed by atoms with E-state index in [2.05, 4.69) is 4.74 Å². The Morgan fingerprint density at radius 2 is 1.33 bits per heavy atom. The molecular formula is C4H4O7S. The molecule has 1 aliphatic heterocycles. The van der Waals surface area contributed by atoms with Crippen LogP contribution >= 0.6 is 0 Å². The second-order valence-corrected chi connectivity index (χ2v) is 2.42. The highest BCUT2D eigenvalue weighted by molar-refractivity contribution is 7.79. The molecule has 1 heterocycles. The molecule has 7 nitrogen and oxygen atoms in total. The maximum Gasteiger partial charge on any atom is 0.394 e. The van der Waals surface area contributed by atoms with E-state index in [-0.39, 0.29) is 0 Å². The number of hydrogen-bond donors (Lipinski definition) is 2. The molecular weight excluding hydrogens is 192 g/mol. The van der Waals surface area contributed by atoms with E-state index in [0.29, 0.717) is 0 Å². The van der Waals surface area contributed by atoms with Crippen molar-refractivity contribution in [1.29, 1.82) is 0 Å². The second-order valence-electron chi connectivity index (χ2n) is 1.52. The van der Waals surface area contributed by atoms with Crippen LogP contribution in [0, 0.1) is 0 Å². The summed E-state index contributed by atoms with van der Waals surface area (Å²) in [5.41, 5.74) is 0. The van der Waals surface area contributed by atoms with Crippen LogP contribution in [-0.4, -0.2) is 29.5 Å². The van der Waals surface area contributed by atoms with Gasteiger partial charge in [0.05, 0.1) is 0 Å². The Balaban J connectivity index is 0.000000217. The molecule has 0 saturated heterocycles. The normalized spacial score (nSPS) is 15.2. The lowest BCUT2D eigenvalue weighted by Crippen LogP contribution is -1.96. The van der Waals surface area contributed by atoms with Crippen molar-refractivity contribution in [3.8, 4) is 0 Å². The summed E-state index contributed by atoms with van der Waals surface area (Å²) in [5, 5.41) is 0. The molecule has 8 heteroatoms. The third-order valence-electron chi connectivity index (χ3n) is 0.557. The maximum absolute atomic E-state index is 9.92. The summed E-state index contributed by atoms with van der Waals surface area (Å²) in [5.74, 6) is -1.16. The van der Waals surface area contributed by atoms with Crippen LogP contribution in [0.3, 0.4) is 0 Å². The quantitative estimate of drug-likeness (QED) is 0.289. The van der Waals surface area contributed by atoms with E-state index in [1.807, 2.05) is 0 Å². The molecule has 0 bridgehead atoms. The molecule has 68 valence electrons. The molecule has 0 aromatic carbocycles. The molecule has 0 amide bonds. The first-order valence-electron chi connectivity index (χ1n) is 2.43. The van der Waals surface area contributed by atoms with Crippen LogP contribution in [0.4, 0.5) is 0 Å². The number of rotatable bonds is 0. The van der Waals surface area contributed by atoms with E-state index >= 15 is 0 Å². The Morgan fingerprint density at radius 3 is 1.42 bits per heavy atom. The van der Waals surface area contributed by atoms with Crippen molar-refractivity contribution in [3.05, 3.63) is 12.2 Å². The van der Waals surface area contributed by atoms with Crippen molar-refractivity contribution in [3.63, 3.8) is 0 Å². The Morgan fingerprint density at radius 1 is 1.08 bits per heavy atom. The van der Waals surface area contributed by atoms with Gasteiger partial charge in [0.1, 0.15) is 0 Å². The Hall–Kier alpha value is -1.25. The second kappa shape index (κ2) is 3.95. The lowest BCUT2D eigenvalue weighted by atomic mass is 10.6.